The van der Waals surface area contributed by atoms with Crippen molar-refractivity contribution in [3.63, 3.8) is 0 Å². The highest BCUT2D eigenvalue weighted by atomic mass is 32.1. The predicted molar refractivity (Wildman–Crippen MR) is 164 cm³/mol. The molecule has 0 unspecified atom stereocenters. The summed E-state index contributed by atoms with van der Waals surface area (Å²) >= 11 is 2.88. The number of hydrogen-bond donors (Lipinski definition) is 2. The number of azo groups is 2. The molecule has 0 saturated heterocycles. The van der Waals surface area contributed by atoms with E-state index in [4.69, 9.17) is 10.2 Å². The maximum Gasteiger partial charge on any atom is 0.230 e. The molecule has 2 N–H and O–H groups in total. The quantitative estimate of drug-likeness (QED) is 0.141. The summed E-state index contributed by atoms with van der Waals surface area (Å²) in [4.78, 5) is 15.1. The molecule has 210 valence electrons. The van der Waals surface area contributed by atoms with Gasteiger partial charge in [0.25, 0.3) is 0 Å². The monoisotopic (exact) mass is 578 g/mol. The van der Waals surface area contributed by atoms with E-state index in [1.54, 1.807) is 12.4 Å². The van der Waals surface area contributed by atoms with Crippen molar-refractivity contribution in [3.8, 4) is 9.75 Å². The first-order valence-electron chi connectivity index (χ1n) is 13.3. The zero-order valence-electron chi connectivity index (χ0n) is 22.7. The molecule has 0 bridgehead atoms. The second-order valence-electron chi connectivity index (χ2n) is 8.76. The zero-order chi connectivity index (χ0) is 28.2. The molecule has 0 radical (unpaired) electrons. The van der Waals surface area contributed by atoms with Crippen LogP contribution in [-0.2, 0) is 0 Å². The van der Waals surface area contributed by atoms with Gasteiger partial charge in [-0.3, -0.25) is 0 Å². The van der Waals surface area contributed by atoms with Gasteiger partial charge in [-0.05, 0) is 75.2 Å². The molecule has 2 heterocycles. The molecule has 0 fully saturated rings. The van der Waals surface area contributed by atoms with Gasteiger partial charge in [-0.15, -0.1) is 20.5 Å². The van der Waals surface area contributed by atoms with Crippen LogP contribution in [0.3, 0.4) is 0 Å². The number of aliphatic hydroxyl groups is 2. The minimum absolute atomic E-state index is 0.186. The number of aliphatic hydroxyl groups excluding tert-OH is 2. The Bertz CT molecular complexity index is 1260. The lowest BCUT2D eigenvalue weighted by atomic mass is 10.2. The van der Waals surface area contributed by atoms with E-state index in [0.29, 0.717) is 10.3 Å². The van der Waals surface area contributed by atoms with Gasteiger partial charge < -0.3 is 20.0 Å². The first-order valence-corrected chi connectivity index (χ1v) is 14.9. The van der Waals surface area contributed by atoms with Crippen LogP contribution in [0.1, 0.15) is 26.7 Å². The van der Waals surface area contributed by atoms with Gasteiger partial charge in [-0.2, -0.15) is 0 Å². The Kier molecular flexibility index (Phi) is 11.2. The first-order chi connectivity index (χ1) is 19.6. The molecule has 0 aliphatic heterocycles. The standard InChI is InChI=1S/C28H34N8O2S2/c1-3-35(15-5-17-37)23-11-7-21(8-12-23)31-33-27-29-19-25(39-27)26-20-30-28(40-26)34-32-22-9-13-24(14-10-22)36(4-2)16-6-18-38/h7-14,19-20,37-38H,3-6,15-18H2,1-2H3/b33-31+,34-32+. The highest BCUT2D eigenvalue weighted by Gasteiger charge is 2.09. The molecule has 2 aromatic heterocycles. The van der Waals surface area contributed by atoms with Crippen LogP contribution in [0, 0.1) is 0 Å². The molecule has 12 heteroatoms. The summed E-state index contributed by atoms with van der Waals surface area (Å²) in [5.41, 5.74) is 3.69. The highest BCUT2D eigenvalue weighted by Crippen LogP contribution is 2.37. The van der Waals surface area contributed by atoms with Gasteiger partial charge in [0, 0.05) is 63.2 Å². The average molecular weight is 579 g/mol. The number of hydrogen-bond acceptors (Lipinski definition) is 12. The average Bonchev–Trinajstić information content (AvgIpc) is 3.67. The molecule has 0 spiro atoms. The van der Waals surface area contributed by atoms with E-state index >= 15 is 0 Å². The maximum atomic E-state index is 9.09. The molecular weight excluding hydrogens is 544 g/mol. The molecule has 40 heavy (non-hydrogen) atoms. The van der Waals surface area contributed by atoms with E-state index in [9.17, 15) is 0 Å². The topological polar surface area (TPSA) is 122 Å². The second kappa shape index (κ2) is 15.3. The van der Waals surface area contributed by atoms with Crippen molar-refractivity contribution >= 4 is 55.7 Å². The SMILES string of the molecule is CCN(CCCO)c1ccc(/N=N/c2ncc(-c3cnc(/N=N/c4ccc(N(CC)CCCO)cc4)s3)s2)cc1. The molecule has 2 aromatic carbocycles. The van der Waals surface area contributed by atoms with Crippen LogP contribution >= 0.6 is 22.7 Å². The van der Waals surface area contributed by atoms with Crippen molar-refractivity contribution in [1.82, 2.24) is 9.97 Å². The molecule has 0 aliphatic rings. The summed E-state index contributed by atoms with van der Waals surface area (Å²) < 4.78 is 0. The third kappa shape index (κ3) is 8.21. The van der Waals surface area contributed by atoms with Crippen molar-refractivity contribution in [2.45, 2.75) is 26.7 Å². The lowest BCUT2D eigenvalue weighted by Gasteiger charge is -2.22. The third-order valence-corrected chi connectivity index (χ3v) is 8.06. The van der Waals surface area contributed by atoms with Crippen LogP contribution in [-0.4, -0.2) is 59.6 Å². The van der Waals surface area contributed by atoms with E-state index in [2.05, 4.69) is 54.1 Å². The van der Waals surface area contributed by atoms with Gasteiger partial charge >= 0.3 is 0 Å². The van der Waals surface area contributed by atoms with Gasteiger partial charge in [-0.1, -0.05) is 22.7 Å². The Morgan fingerprint density at radius 3 is 1.38 bits per heavy atom. The minimum atomic E-state index is 0.186. The Morgan fingerprint density at radius 2 is 1.02 bits per heavy atom. The Labute approximate surface area is 242 Å². The summed E-state index contributed by atoms with van der Waals surface area (Å²) in [5, 5.41) is 36.6. The Hall–Kier alpha value is -3.58. The van der Waals surface area contributed by atoms with Crippen LogP contribution in [0.25, 0.3) is 9.75 Å². The van der Waals surface area contributed by atoms with Crippen LogP contribution in [0.5, 0.6) is 0 Å². The van der Waals surface area contributed by atoms with Crippen LogP contribution < -0.4 is 9.80 Å². The van der Waals surface area contributed by atoms with Gasteiger partial charge in [0.2, 0.25) is 10.3 Å². The molecule has 0 aliphatic carbocycles. The van der Waals surface area contributed by atoms with Crippen LogP contribution in [0.15, 0.2) is 81.4 Å². The molecule has 0 atom stereocenters. The minimum Gasteiger partial charge on any atom is -0.396 e. The lowest BCUT2D eigenvalue weighted by molar-refractivity contribution is 0.289. The Morgan fingerprint density at radius 1 is 0.625 bits per heavy atom. The number of nitrogens with zero attached hydrogens (tertiary/aromatic N) is 8. The van der Waals surface area contributed by atoms with Gasteiger partial charge in [0.05, 0.1) is 21.1 Å². The number of anilines is 2. The normalized spacial score (nSPS) is 11.6. The molecule has 4 rings (SSSR count). The van der Waals surface area contributed by atoms with Gasteiger partial charge in [0.15, 0.2) is 0 Å². The van der Waals surface area contributed by atoms with E-state index in [1.807, 2.05) is 48.5 Å². The Balaban J connectivity index is 1.35. The first kappa shape index (κ1) is 29.4. The number of benzene rings is 2. The fourth-order valence-corrected chi connectivity index (χ4v) is 5.51. The highest BCUT2D eigenvalue weighted by molar-refractivity contribution is 7.25. The number of rotatable bonds is 15. The van der Waals surface area contributed by atoms with E-state index in [1.165, 1.54) is 22.7 Å². The molecule has 4 aromatic rings. The summed E-state index contributed by atoms with van der Waals surface area (Å²) in [7, 11) is 0. The summed E-state index contributed by atoms with van der Waals surface area (Å²) in [6.45, 7) is 7.95. The van der Waals surface area contributed by atoms with E-state index in [0.717, 1.165) is 71.5 Å². The molecule has 0 saturated carbocycles. The number of aromatic nitrogens is 2. The van der Waals surface area contributed by atoms with Crippen LogP contribution in [0.4, 0.5) is 33.0 Å². The zero-order valence-corrected chi connectivity index (χ0v) is 24.4. The summed E-state index contributed by atoms with van der Waals surface area (Å²) in [6, 6.07) is 15.8. The van der Waals surface area contributed by atoms with Crippen molar-refractivity contribution in [2.75, 3.05) is 49.2 Å². The molecular formula is C28H34N8O2S2. The fourth-order valence-electron chi connectivity index (χ4n) is 3.97. The number of thiazole rings is 2. The second-order valence-corrected chi connectivity index (χ2v) is 10.8. The van der Waals surface area contributed by atoms with Crippen molar-refractivity contribution in [1.29, 1.82) is 0 Å². The predicted octanol–water partition coefficient (Wildman–Crippen LogP) is 7.51. The largest absolute Gasteiger partial charge is 0.396 e. The van der Waals surface area contributed by atoms with Crippen molar-refractivity contribution < 1.29 is 10.2 Å². The third-order valence-electron chi connectivity index (χ3n) is 6.10. The lowest BCUT2D eigenvalue weighted by Crippen LogP contribution is -2.24. The van der Waals surface area contributed by atoms with Crippen molar-refractivity contribution in [3.05, 3.63) is 60.9 Å². The summed E-state index contributed by atoms with van der Waals surface area (Å²) in [6.07, 6.45) is 5.02. The van der Waals surface area contributed by atoms with Gasteiger partial charge in [0.1, 0.15) is 0 Å². The maximum absolute atomic E-state index is 9.09. The fraction of sp³-hybridized carbons (Fsp3) is 0.357. The molecule has 10 nitrogen and oxygen atoms in total. The van der Waals surface area contributed by atoms with Crippen LogP contribution in [0.2, 0.25) is 0 Å². The van der Waals surface area contributed by atoms with Crippen molar-refractivity contribution in [2.24, 2.45) is 20.5 Å². The van der Waals surface area contributed by atoms with E-state index < -0.39 is 0 Å². The smallest absolute Gasteiger partial charge is 0.230 e. The van der Waals surface area contributed by atoms with E-state index in [-0.39, 0.29) is 13.2 Å². The summed E-state index contributed by atoms with van der Waals surface area (Å²) in [5.74, 6) is 0. The molecule has 0 amide bonds. The van der Waals surface area contributed by atoms with Gasteiger partial charge in [-0.25, -0.2) is 9.97 Å².